The number of cyclic esters (lactones) is 1. The van der Waals surface area contributed by atoms with Crippen molar-refractivity contribution >= 4 is 16.4 Å². The molecular formula is C22H34O6S. The molecule has 4 saturated carbocycles. The quantitative estimate of drug-likeness (QED) is 0.539. The van der Waals surface area contributed by atoms with E-state index < -0.39 is 16.5 Å². The normalized spacial score (nSPS) is 53.0. The second-order valence-corrected chi connectivity index (χ2v) is 12.6. The molecule has 1 heterocycles. The lowest BCUT2D eigenvalue weighted by molar-refractivity contribution is -0.161. The van der Waals surface area contributed by atoms with Gasteiger partial charge in [-0.2, -0.15) is 8.42 Å². The van der Waals surface area contributed by atoms with Crippen LogP contribution in [0.25, 0.3) is 0 Å². The first-order valence-corrected chi connectivity index (χ1v) is 12.6. The molecule has 8 unspecified atom stereocenters. The highest BCUT2D eigenvalue weighted by molar-refractivity contribution is 7.80. The summed E-state index contributed by atoms with van der Waals surface area (Å²) in [6.45, 7) is 8.79. The van der Waals surface area contributed by atoms with Gasteiger partial charge in [-0.1, -0.05) is 20.8 Å². The number of hydrogen-bond acceptors (Lipinski definition) is 5. The van der Waals surface area contributed by atoms with Crippen LogP contribution in [0.15, 0.2) is 0 Å². The topological polar surface area (TPSA) is 89.9 Å². The lowest BCUT2D eigenvalue weighted by Gasteiger charge is -2.61. The van der Waals surface area contributed by atoms with Crippen molar-refractivity contribution in [3.63, 3.8) is 0 Å². The van der Waals surface area contributed by atoms with E-state index in [1.54, 1.807) is 0 Å². The Morgan fingerprint density at radius 2 is 1.72 bits per heavy atom. The Bertz CT molecular complexity index is 851. The van der Waals surface area contributed by atoms with E-state index in [9.17, 15) is 17.8 Å². The third-order valence-electron chi connectivity index (χ3n) is 10.2. The third kappa shape index (κ3) is 2.59. The molecule has 5 fully saturated rings. The van der Waals surface area contributed by atoms with E-state index in [2.05, 4.69) is 27.7 Å². The molecule has 1 spiro atoms. The Hall–Kier alpha value is -0.660. The summed E-state index contributed by atoms with van der Waals surface area (Å²) in [5, 5.41) is 0. The number of carbonyl (C=O) groups is 1. The van der Waals surface area contributed by atoms with Crippen molar-refractivity contribution in [2.45, 2.75) is 90.8 Å². The molecule has 0 aromatic carbocycles. The molecule has 1 N–H and O–H groups in total. The average Bonchev–Trinajstić information content (AvgIpc) is 2.87. The van der Waals surface area contributed by atoms with E-state index in [4.69, 9.17) is 8.92 Å². The molecule has 0 radical (unpaired) electrons. The van der Waals surface area contributed by atoms with Crippen molar-refractivity contribution in [3.8, 4) is 0 Å². The number of carbonyl (C=O) groups excluding carboxylic acids is 1. The maximum atomic E-state index is 11.9. The Morgan fingerprint density at radius 1 is 1.00 bits per heavy atom. The van der Waals surface area contributed by atoms with Crippen LogP contribution in [0.5, 0.6) is 0 Å². The molecule has 7 heteroatoms. The fourth-order valence-corrected chi connectivity index (χ4v) is 9.98. The lowest BCUT2D eigenvalue weighted by atomic mass is 9.44. The van der Waals surface area contributed by atoms with E-state index in [1.807, 2.05) is 0 Å². The lowest BCUT2D eigenvalue weighted by Crippen LogP contribution is -2.57. The molecule has 1 saturated heterocycles. The highest BCUT2D eigenvalue weighted by Crippen LogP contribution is 2.84. The van der Waals surface area contributed by atoms with Gasteiger partial charge >= 0.3 is 16.4 Å². The highest BCUT2D eigenvalue weighted by Gasteiger charge is 2.80. The van der Waals surface area contributed by atoms with Crippen molar-refractivity contribution in [1.82, 2.24) is 0 Å². The van der Waals surface area contributed by atoms with Crippen molar-refractivity contribution < 1.29 is 26.7 Å². The molecule has 164 valence electrons. The molecule has 0 amide bonds. The van der Waals surface area contributed by atoms with Crippen LogP contribution in [0.1, 0.15) is 79.1 Å². The van der Waals surface area contributed by atoms with Crippen molar-refractivity contribution in [2.24, 2.45) is 39.9 Å². The predicted molar refractivity (Wildman–Crippen MR) is 106 cm³/mol. The minimum absolute atomic E-state index is 0.0469. The minimum Gasteiger partial charge on any atom is -0.459 e. The molecule has 6 nitrogen and oxygen atoms in total. The Labute approximate surface area is 174 Å². The summed E-state index contributed by atoms with van der Waals surface area (Å²) in [6, 6.07) is 0. The Kier molecular flexibility index (Phi) is 4.03. The highest BCUT2D eigenvalue weighted by atomic mass is 32.3. The summed E-state index contributed by atoms with van der Waals surface area (Å²) in [5.74, 6) is 2.04. The monoisotopic (exact) mass is 426 g/mol. The van der Waals surface area contributed by atoms with Gasteiger partial charge in [0.2, 0.25) is 0 Å². The van der Waals surface area contributed by atoms with Crippen LogP contribution in [-0.4, -0.2) is 30.6 Å². The summed E-state index contributed by atoms with van der Waals surface area (Å²) in [6.07, 6.45) is 7.08. The second kappa shape index (κ2) is 5.77. The van der Waals surface area contributed by atoms with Crippen molar-refractivity contribution in [1.29, 1.82) is 0 Å². The van der Waals surface area contributed by atoms with Crippen LogP contribution in [0.4, 0.5) is 0 Å². The van der Waals surface area contributed by atoms with Gasteiger partial charge in [0, 0.05) is 12.3 Å². The molecule has 29 heavy (non-hydrogen) atoms. The van der Waals surface area contributed by atoms with Crippen molar-refractivity contribution in [3.05, 3.63) is 0 Å². The third-order valence-corrected chi connectivity index (χ3v) is 10.7. The maximum Gasteiger partial charge on any atom is 0.397 e. The SMILES string of the molecule is CC1(C2C3CCC4C5(C)CCC(OS(=O)(=O)O)C(C)(C)C5CCC324)CCC(=O)O1. The number of ether oxygens (including phenoxy) is 1. The summed E-state index contributed by atoms with van der Waals surface area (Å²) in [7, 11) is -4.46. The smallest absolute Gasteiger partial charge is 0.397 e. The van der Waals surface area contributed by atoms with Crippen LogP contribution in [0, 0.1) is 39.9 Å². The van der Waals surface area contributed by atoms with Crippen LogP contribution in [-0.2, 0) is 24.1 Å². The van der Waals surface area contributed by atoms with Gasteiger partial charge in [0.15, 0.2) is 0 Å². The standard InChI is InChI=1S/C22H34O6S/c1-19(2)14-7-12-22-13(18(22)21(4)11-9-17(23)27-21)5-6-15(22)20(14,3)10-8-16(19)28-29(24,25)26/h13-16,18H,5-12H2,1-4H3,(H,24,25,26). The number of fused-ring (bicyclic) bond motifs is 2. The number of rotatable bonds is 3. The largest absolute Gasteiger partial charge is 0.459 e. The van der Waals surface area contributed by atoms with E-state index in [-0.39, 0.29) is 27.8 Å². The summed E-state index contributed by atoms with van der Waals surface area (Å²) in [4.78, 5) is 11.9. The summed E-state index contributed by atoms with van der Waals surface area (Å²) < 4.78 is 43.1. The first kappa shape index (κ1) is 20.3. The molecule has 8 atom stereocenters. The van der Waals surface area contributed by atoms with Crippen LogP contribution < -0.4 is 0 Å². The fraction of sp³-hybridized carbons (Fsp3) is 0.955. The predicted octanol–water partition coefficient (Wildman–Crippen LogP) is 4.15. The molecule has 0 aromatic heterocycles. The van der Waals surface area contributed by atoms with Crippen LogP contribution in [0.3, 0.4) is 0 Å². The second-order valence-electron chi connectivity index (χ2n) is 11.6. The van der Waals surface area contributed by atoms with Gasteiger partial charge < -0.3 is 4.74 Å². The van der Waals surface area contributed by atoms with Gasteiger partial charge in [-0.15, -0.1) is 0 Å². The number of hydrogen-bond donors (Lipinski definition) is 1. The van der Waals surface area contributed by atoms with E-state index in [1.165, 1.54) is 12.8 Å². The minimum atomic E-state index is -4.46. The molecular weight excluding hydrogens is 392 g/mol. The Morgan fingerprint density at radius 3 is 2.34 bits per heavy atom. The average molecular weight is 427 g/mol. The maximum absolute atomic E-state index is 11.9. The van der Waals surface area contributed by atoms with Crippen LogP contribution >= 0.6 is 0 Å². The van der Waals surface area contributed by atoms with Crippen molar-refractivity contribution in [2.75, 3.05) is 0 Å². The molecule has 0 aromatic rings. The van der Waals surface area contributed by atoms with Gasteiger partial charge in [-0.25, -0.2) is 4.18 Å². The zero-order valence-corrected chi connectivity index (χ0v) is 18.8. The van der Waals surface area contributed by atoms with Gasteiger partial charge in [0.05, 0.1) is 6.10 Å². The summed E-state index contributed by atoms with van der Waals surface area (Å²) in [5.41, 5.74) is -0.207. The Balaban J connectivity index is 1.45. The van der Waals surface area contributed by atoms with Gasteiger partial charge in [0.1, 0.15) is 5.60 Å². The first-order chi connectivity index (χ1) is 13.3. The zero-order chi connectivity index (χ0) is 21.0. The van der Waals surface area contributed by atoms with E-state index in [0.29, 0.717) is 36.5 Å². The van der Waals surface area contributed by atoms with E-state index >= 15 is 0 Å². The van der Waals surface area contributed by atoms with Gasteiger partial charge in [0.25, 0.3) is 0 Å². The molecule has 4 aliphatic carbocycles. The van der Waals surface area contributed by atoms with Gasteiger partial charge in [-0.3, -0.25) is 9.35 Å². The molecule has 0 bridgehead atoms. The molecule has 5 aliphatic rings. The van der Waals surface area contributed by atoms with Gasteiger partial charge in [-0.05, 0) is 85.9 Å². The fourth-order valence-electron chi connectivity index (χ4n) is 9.34. The first-order valence-electron chi connectivity index (χ1n) is 11.2. The summed E-state index contributed by atoms with van der Waals surface area (Å²) >= 11 is 0. The molecule has 5 rings (SSSR count). The van der Waals surface area contributed by atoms with Crippen LogP contribution in [0.2, 0.25) is 0 Å². The zero-order valence-electron chi connectivity index (χ0n) is 17.9. The molecule has 1 aliphatic heterocycles. The van der Waals surface area contributed by atoms with E-state index in [0.717, 1.165) is 25.7 Å². The number of esters is 1.